The minimum atomic E-state index is -0.620. The van der Waals surface area contributed by atoms with Gasteiger partial charge < -0.3 is 14.8 Å². The molecule has 0 aromatic heterocycles. The Morgan fingerprint density at radius 3 is 2.57 bits per heavy atom. The summed E-state index contributed by atoms with van der Waals surface area (Å²) in [6.07, 6.45) is 3.39. The molecule has 1 fully saturated rings. The van der Waals surface area contributed by atoms with E-state index in [1.165, 1.54) is 12.8 Å². The van der Waals surface area contributed by atoms with E-state index in [2.05, 4.69) is 17.1 Å². The number of hydrogen-bond donors (Lipinski definition) is 1. The molecule has 0 saturated heterocycles. The van der Waals surface area contributed by atoms with Crippen molar-refractivity contribution in [1.29, 1.82) is 0 Å². The van der Waals surface area contributed by atoms with Crippen molar-refractivity contribution in [3.8, 4) is 0 Å². The zero-order valence-corrected chi connectivity index (χ0v) is 14.3. The molecule has 0 aromatic carbocycles. The summed E-state index contributed by atoms with van der Waals surface area (Å²) in [6.45, 7) is 8.98. The molecule has 0 spiro atoms. The molecule has 2 unspecified atom stereocenters. The molecule has 0 heterocycles. The van der Waals surface area contributed by atoms with Crippen LogP contribution in [0.2, 0.25) is 0 Å². The molecule has 1 aliphatic carbocycles. The summed E-state index contributed by atoms with van der Waals surface area (Å²) in [5.41, 5.74) is -0.620. The van der Waals surface area contributed by atoms with Crippen LogP contribution in [0.15, 0.2) is 0 Å². The van der Waals surface area contributed by atoms with Gasteiger partial charge >= 0.3 is 5.97 Å². The predicted octanol–water partition coefficient (Wildman–Crippen LogP) is 1.66. The number of ether oxygens (including phenoxy) is 2. The van der Waals surface area contributed by atoms with Crippen molar-refractivity contribution in [3.63, 3.8) is 0 Å². The molecule has 5 heteroatoms. The van der Waals surface area contributed by atoms with Crippen molar-refractivity contribution >= 4 is 5.97 Å². The zero-order valence-electron chi connectivity index (χ0n) is 14.3. The SMILES string of the molecule is CCOC(=O)C(C)(CCN(CCOC)C(C)C1CC1)NC. The first kappa shape index (κ1) is 18.4. The molecule has 124 valence electrons. The van der Waals surface area contributed by atoms with Crippen LogP contribution >= 0.6 is 0 Å². The third kappa shape index (κ3) is 5.57. The maximum Gasteiger partial charge on any atom is 0.326 e. The van der Waals surface area contributed by atoms with Crippen molar-refractivity contribution in [2.45, 2.75) is 51.6 Å². The van der Waals surface area contributed by atoms with Crippen LogP contribution in [0.5, 0.6) is 0 Å². The van der Waals surface area contributed by atoms with Crippen molar-refractivity contribution < 1.29 is 14.3 Å². The number of likely N-dealkylation sites (N-methyl/N-ethyl adjacent to an activating group) is 1. The monoisotopic (exact) mass is 300 g/mol. The Labute approximate surface area is 129 Å². The van der Waals surface area contributed by atoms with Gasteiger partial charge in [0.2, 0.25) is 0 Å². The first-order valence-electron chi connectivity index (χ1n) is 8.07. The molecule has 1 aliphatic rings. The average Bonchev–Trinajstić information content (AvgIpc) is 3.31. The second-order valence-corrected chi connectivity index (χ2v) is 6.16. The normalized spacial score (nSPS) is 19.3. The van der Waals surface area contributed by atoms with Gasteiger partial charge in [0, 0.05) is 26.2 Å². The number of rotatable bonds is 11. The Morgan fingerprint density at radius 1 is 1.43 bits per heavy atom. The molecular formula is C16H32N2O3. The van der Waals surface area contributed by atoms with E-state index in [9.17, 15) is 4.79 Å². The van der Waals surface area contributed by atoms with Gasteiger partial charge in [0.05, 0.1) is 13.2 Å². The van der Waals surface area contributed by atoms with Crippen LogP contribution in [-0.2, 0) is 14.3 Å². The lowest BCUT2D eigenvalue weighted by molar-refractivity contribution is -0.150. The van der Waals surface area contributed by atoms with E-state index in [1.54, 1.807) is 7.11 Å². The Kier molecular flexibility index (Phi) is 7.63. The standard InChI is InChI=1S/C16H32N2O3/c1-6-21-15(19)16(3,17-4)9-10-18(11-12-20-5)13(2)14-7-8-14/h13-14,17H,6-12H2,1-5H3. The Balaban J connectivity index is 2.57. The Hall–Kier alpha value is -0.650. The molecule has 1 N–H and O–H groups in total. The van der Waals surface area contributed by atoms with Crippen LogP contribution in [0, 0.1) is 5.92 Å². The molecule has 0 bridgehead atoms. The molecule has 2 atom stereocenters. The highest BCUT2D eigenvalue weighted by Crippen LogP contribution is 2.35. The van der Waals surface area contributed by atoms with Gasteiger partial charge in [-0.05, 0) is 53.0 Å². The lowest BCUT2D eigenvalue weighted by Gasteiger charge is -2.33. The molecule has 5 nitrogen and oxygen atoms in total. The van der Waals surface area contributed by atoms with Crippen LogP contribution in [-0.4, -0.2) is 62.9 Å². The van der Waals surface area contributed by atoms with E-state index >= 15 is 0 Å². The van der Waals surface area contributed by atoms with Crippen LogP contribution in [0.25, 0.3) is 0 Å². The molecule has 1 saturated carbocycles. The third-order valence-electron chi connectivity index (χ3n) is 4.64. The molecule has 0 aromatic rings. The molecule has 1 rings (SSSR count). The smallest absolute Gasteiger partial charge is 0.326 e. The minimum Gasteiger partial charge on any atom is -0.465 e. The van der Waals surface area contributed by atoms with E-state index < -0.39 is 5.54 Å². The maximum absolute atomic E-state index is 12.1. The summed E-state index contributed by atoms with van der Waals surface area (Å²) < 4.78 is 10.4. The highest BCUT2D eigenvalue weighted by Gasteiger charge is 2.36. The molecule has 21 heavy (non-hydrogen) atoms. The topological polar surface area (TPSA) is 50.8 Å². The summed E-state index contributed by atoms with van der Waals surface area (Å²) in [4.78, 5) is 14.6. The lowest BCUT2D eigenvalue weighted by Crippen LogP contribution is -2.51. The summed E-state index contributed by atoms with van der Waals surface area (Å²) in [7, 11) is 3.55. The largest absolute Gasteiger partial charge is 0.465 e. The molecule has 0 aliphatic heterocycles. The van der Waals surface area contributed by atoms with Crippen molar-refractivity contribution in [2.75, 3.05) is 40.5 Å². The van der Waals surface area contributed by atoms with Crippen molar-refractivity contribution in [2.24, 2.45) is 5.92 Å². The number of nitrogens with zero attached hydrogens (tertiary/aromatic N) is 1. The lowest BCUT2D eigenvalue weighted by atomic mass is 9.97. The molecule has 0 radical (unpaired) electrons. The summed E-state index contributed by atoms with van der Waals surface area (Å²) in [5.74, 6) is 0.642. The fourth-order valence-electron chi connectivity index (χ4n) is 2.59. The zero-order chi connectivity index (χ0) is 15.9. The fraction of sp³-hybridized carbons (Fsp3) is 0.938. The van der Waals surface area contributed by atoms with E-state index in [0.29, 0.717) is 12.6 Å². The van der Waals surface area contributed by atoms with E-state index in [-0.39, 0.29) is 5.97 Å². The van der Waals surface area contributed by atoms with Gasteiger partial charge in [0.15, 0.2) is 0 Å². The van der Waals surface area contributed by atoms with Crippen molar-refractivity contribution in [1.82, 2.24) is 10.2 Å². The maximum atomic E-state index is 12.1. The number of hydrogen-bond acceptors (Lipinski definition) is 5. The predicted molar refractivity (Wildman–Crippen MR) is 84.3 cm³/mol. The Bertz CT molecular complexity index is 321. The first-order valence-corrected chi connectivity index (χ1v) is 8.07. The first-order chi connectivity index (χ1) is 9.98. The summed E-state index contributed by atoms with van der Waals surface area (Å²) in [5, 5.41) is 3.13. The minimum absolute atomic E-state index is 0.168. The van der Waals surface area contributed by atoms with Crippen molar-refractivity contribution in [3.05, 3.63) is 0 Å². The van der Waals surface area contributed by atoms with E-state index in [4.69, 9.17) is 9.47 Å². The van der Waals surface area contributed by atoms with Crippen LogP contribution in [0.3, 0.4) is 0 Å². The van der Waals surface area contributed by atoms with Gasteiger partial charge in [-0.25, -0.2) is 0 Å². The van der Waals surface area contributed by atoms with E-state index in [1.807, 2.05) is 20.9 Å². The average molecular weight is 300 g/mol. The highest BCUT2D eigenvalue weighted by molar-refractivity contribution is 5.80. The number of carbonyl (C=O) groups excluding carboxylic acids is 1. The number of methoxy groups -OCH3 is 1. The van der Waals surface area contributed by atoms with Gasteiger partial charge in [-0.15, -0.1) is 0 Å². The highest BCUT2D eigenvalue weighted by atomic mass is 16.5. The van der Waals surface area contributed by atoms with Gasteiger partial charge in [0.25, 0.3) is 0 Å². The fourth-order valence-corrected chi connectivity index (χ4v) is 2.59. The van der Waals surface area contributed by atoms with Gasteiger partial charge in [-0.1, -0.05) is 0 Å². The van der Waals surface area contributed by atoms with Gasteiger partial charge in [-0.3, -0.25) is 9.69 Å². The van der Waals surface area contributed by atoms with Crippen LogP contribution < -0.4 is 5.32 Å². The number of carbonyl (C=O) groups is 1. The van der Waals surface area contributed by atoms with Crippen LogP contribution in [0.1, 0.15) is 40.0 Å². The molecular weight excluding hydrogens is 268 g/mol. The number of nitrogens with one attached hydrogen (secondary N) is 1. The van der Waals surface area contributed by atoms with E-state index in [0.717, 1.165) is 32.0 Å². The third-order valence-corrected chi connectivity index (χ3v) is 4.64. The second-order valence-electron chi connectivity index (χ2n) is 6.16. The Morgan fingerprint density at radius 2 is 2.10 bits per heavy atom. The van der Waals surface area contributed by atoms with Gasteiger partial charge in [0.1, 0.15) is 5.54 Å². The quantitative estimate of drug-likeness (QED) is 0.588. The van der Waals surface area contributed by atoms with Gasteiger partial charge in [-0.2, -0.15) is 0 Å². The summed E-state index contributed by atoms with van der Waals surface area (Å²) >= 11 is 0. The molecule has 0 amide bonds. The number of esters is 1. The summed E-state index contributed by atoms with van der Waals surface area (Å²) in [6, 6.07) is 0.559. The van der Waals surface area contributed by atoms with Crippen LogP contribution in [0.4, 0.5) is 0 Å². The second kappa shape index (κ2) is 8.71.